The van der Waals surface area contributed by atoms with Crippen LogP contribution in [-0.4, -0.2) is 82.2 Å². The molecule has 0 saturated carbocycles. The summed E-state index contributed by atoms with van der Waals surface area (Å²) in [5.41, 5.74) is 0. The molecule has 0 aliphatic carbocycles. The van der Waals surface area contributed by atoms with Crippen LogP contribution in [-0.2, 0) is 14.4 Å². The monoisotopic (exact) mass is 232 g/mol. The number of carboxylic acids is 3. The van der Waals surface area contributed by atoms with Gasteiger partial charge < -0.3 is 20.4 Å². The van der Waals surface area contributed by atoms with Crippen LogP contribution >= 0.6 is 0 Å². The Labute approximate surface area is 108 Å². The number of carbonyl (C=O) groups is 3. The van der Waals surface area contributed by atoms with E-state index in [9.17, 15) is 14.4 Å². The van der Waals surface area contributed by atoms with Gasteiger partial charge in [0.1, 0.15) is 5.92 Å². The van der Waals surface area contributed by atoms with Gasteiger partial charge in [-0.3, -0.25) is 9.59 Å². The number of carboxylic acid groups (broad SMARTS) is 3. The normalized spacial score (nSPS) is 13.5. The van der Waals surface area contributed by atoms with E-state index in [4.69, 9.17) is 20.4 Å². The summed E-state index contributed by atoms with van der Waals surface area (Å²) in [6.45, 7) is 0. The quantitative estimate of drug-likeness (QED) is 0.412. The molecule has 14 heavy (non-hydrogen) atoms. The molecule has 0 spiro atoms. The Morgan fingerprint density at radius 3 is 1.64 bits per heavy atom. The van der Waals surface area contributed by atoms with Gasteiger partial charge in [-0.25, -0.2) is 4.79 Å². The zero-order chi connectivity index (χ0) is 10.6. The first kappa shape index (κ1) is 16.1. The molecule has 7 nitrogen and oxygen atoms in total. The fraction of sp³-hybridized carbons (Fsp3) is 0.500. The van der Waals surface area contributed by atoms with Crippen LogP contribution in [0.2, 0.25) is 0 Å². The summed E-state index contributed by atoms with van der Waals surface area (Å²) in [6, 6.07) is 0. The first-order chi connectivity index (χ1) is 5.86. The van der Waals surface area contributed by atoms with Crippen molar-refractivity contribution in [2.24, 2.45) is 5.92 Å². The Kier molecular flexibility index (Phi) is 8.03. The minimum absolute atomic E-state index is 0. The molecule has 2 atom stereocenters. The summed E-state index contributed by atoms with van der Waals surface area (Å²) in [4.78, 5) is 30.5. The molecule has 0 bridgehead atoms. The average Bonchev–Trinajstić information content (AvgIpc) is 1.97. The van der Waals surface area contributed by atoms with Crippen molar-refractivity contribution in [3.8, 4) is 0 Å². The predicted molar refractivity (Wildman–Crippen MR) is 42.8 cm³/mol. The van der Waals surface area contributed by atoms with Crippen LogP contribution in [0.25, 0.3) is 0 Å². The van der Waals surface area contributed by atoms with E-state index in [1.807, 2.05) is 0 Å². The van der Waals surface area contributed by atoms with E-state index in [0.29, 0.717) is 0 Å². The van der Waals surface area contributed by atoms with Crippen LogP contribution < -0.4 is 0 Å². The molecule has 74 valence electrons. The molecule has 0 aromatic heterocycles. The number of hydrogen-bond donors (Lipinski definition) is 4. The second kappa shape index (κ2) is 6.99. The largest absolute Gasteiger partial charge is 2.00 e. The van der Waals surface area contributed by atoms with Crippen molar-refractivity contribution in [1.82, 2.24) is 0 Å². The van der Waals surface area contributed by atoms with Gasteiger partial charge >= 0.3 is 55.6 Å². The van der Waals surface area contributed by atoms with E-state index >= 15 is 0 Å². The van der Waals surface area contributed by atoms with Gasteiger partial charge in [-0.2, -0.15) is 0 Å². The van der Waals surface area contributed by atoms with Gasteiger partial charge in [-0.15, -0.1) is 0 Å². The predicted octanol–water partition coefficient (Wildman–Crippen LogP) is -1.77. The fourth-order valence-electron chi connectivity index (χ4n) is 0.694. The van der Waals surface area contributed by atoms with Crippen molar-refractivity contribution in [3.05, 3.63) is 0 Å². The molecule has 0 rings (SSSR count). The van der Waals surface area contributed by atoms with Gasteiger partial charge in [-0.05, 0) is 0 Å². The fourth-order valence-corrected chi connectivity index (χ4v) is 0.694. The van der Waals surface area contributed by atoms with Gasteiger partial charge in [-0.1, -0.05) is 0 Å². The number of aliphatic hydroxyl groups excluding tert-OH is 1. The third-order valence-electron chi connectivity index (χ3n) is 1.35. The molecule has 0 fully saturated rings. The van der Waals surface area contributed by atoms with Crippen molar-refractivity contribution in [1.29, 1.82) is 0 Å². The molecule has 0 aliphatic heterocycles. The Bertz CT molecular complexity index is 238. The van der Waals surface area contributed by atoms with Crippen molar-refractivity contribution >= 4 is 55.6 Å². The minimum Gasteiger partial charge on any atom is -0.481 e. The smallest absolute Gasteiger partial charge is 0.481 e. The molecule has 0 heterocycles. The Hall–Kier alpha value is -0.370. The van der Waals surface area contributed by atoms with E-state index < -0.39 is 36.4 Å². The molecule has 0 amide bonds. The molecule has 8 heteroatoms. The molecule has 0 radical (unpaired) electrons. The summed E-state index contributed by atoms with van der Waals surface area (Å²) >= 11 is 0. The Morgan fingerprint density at radius 1 is 1.00 bits per heavy atom. The van der Waals surface area contributed by atoms with Crippen LogP contribution in [0.1, 0.15) is 6.42 Å². The number of aliphatic hydroxyl groups is 1. The van der Waals surface area contributed by atoms with Gasteiger partial charge in [0, 0.05) is 0 Å². The van der Waals surface area contributed by atoms with E-state index in [1.165, 1.54) is 0 Å². The second-order valence-electron chi connectivity index (χ2n) is 2.33. The average molecular weight is 232 g/mol. The van der Waals surface area contributed by atoms with E-state index in [1.54, 1.807) is 0 Å². The molecular weight excluding hydrogens is 224 g/mol. The van der Waals surface area contributed by atoms with Crippen molar-refractivity contribution in [2.45, 2.75) is 12.5 Å². The van der Waals surface area contributed by atoms with Crippen LogP contribution in [0.4, 0.5) is 0 Å². The van der Waals surface area contributed by atoms with Crippen LogP contribution in [0, 0.1) is 5.92 Å². The first-order valence-electron chi connectivity index (χ1n) is 3.21. The van der Waals surface area contributed by atoms with Crippen LogP contribution in [0.5, 0.6) is 0 Å². The van der Waals surface area contributed by atoms with Crippen LogP contribution in [0.3, 0.4) is 0 Å². The third kappa shape index (κ3) is 5.38. The molecule has 0 saturated heterocycles. The Balaban J connectivity index is 0. The summed E-state index contributed by atoms with van der Waals surface area (Å²) in [6.07, 6.45) is -3.13. The minimum atomic E-state index is -2.20. The van der Waals surface area contributed by atoms with Crippen molar-refractivity contribution < 1.29 is 34.8 Å². The maximum atomic E-state index is 10.3. The van der Waals surface area contributed by atoms with Crippen LogP contribution in [0.15, 0.2) is 0 Å². The standard InChI is InChI=1S/C6H8O7.Ca/c7-3(8)1-2(5(10)11)4(9)6(12)13;/h2,4,9H,1H2,(H,7,8)(H,10,11)(H,12,13);/q;+2/t2-,4+;/m0./s1. The van der Waals surface area contributed by atoms with E-state index in [2.05, 4.69) is 0 Å². The number of rotatable bonds is 5. The second-order valence-corrected chi connectivity index (χ2v) is 2.33. The van der Waals surface area contributed by atoms with Crippen molar-refractivity contribution in [3.63, 3.8) is 0 Å². The topological polar surface area (TPSA) is 132 Å². The summed E-state index contributed by atoms with van der Waals surface area (Å²) < 4.78 is 0. The molecule has 0 aliphatic rings. The van der Waals surface area contributed by atoms with Gasteiger partial charge in [0.05, 0.1) is 6.42 Å². The summed E-state index contributed by atoms with van der Waals surface area (Å²) in [5, 5.41) is 33.5. The zero-order valence-electron chi connectivity index (χ0n) is 7.08. The molecular formula is C6H8CaO7+2. The van der Waals surface area contributed by atoms with Gasteiger partial charge in [0.15, 0.2) is 6.10 Å². The Morgan fingerprint density at radius 2 is 1.43 bits per heavy atom. The summed E-state index contributed by atoms with van der Waals surface area (Å²) in [7, 11) is 0. The molecule has 0 aromatic rings. The summed E-state index contributed by atoms with van der Waals surface area (Å²) in [5.74, 6) is -6.71. The third-order valence-corrected chi connectivity index (χ3v) is 1.35. The molecule has 0 unspecified atom stereocenters. The zero-order valence-corrected chi connectivity index (χ0v) is 9.29. The van der Waals surface area contributed by atoms with Crippen molar-refractivity contribution in [2.75, 3.05) is 0 Å². The number of aliphatic carboxylic acids is 3. The molecule has 4 N–H and O–H groups in total. The van der Waals surface area contributed by atoms with E-state index in [-0.39, 0.29) is 37.7 Å². The number of hydrogen-bond acceptors (Lipinski definition) is 4. The maximum absolute atomic E-state index is 10.3. The SMILES string of the molecule is O=C(O)C[C@H](C(=O)O)[C@@H](O)C(=O)O.[Ca+2]. The molecule has 0 aromatic carbocycles. The van der Waals surface area contributed by atoms with Gasteiger partial charge in [0.2, 0.25) is 0 Å². The van der Waals surface area contributed by atoms with Gasteiger partial charge in [0.25, 0.3) is 0 Å². The maximum Gasteiger partial charge on any atom is 2.00 e. The first-order valence-corrected chi connectivity index (χ1v) is 3.21. The van der Waals surface area contributed by atoms with E-state index in [0.717, 1.165) is 0 Å².